The van der Waals surface area contributed by atoms with E-state index < -0.39 is 21.9 Å². The summed E-state index contributed by atoms with van der Waals surface area (Å²) >= 11 is 7.69. The van der Waals surface area contributed by atoms with Gasteiger partial charge in [0.25, 0.3) is 0 Å². The van der Waals surface area contributed by atoms with Crippen molar-refractivity contribution in [2.75, 3.05) is 22.8 Å². The molecule has 1 aliphatic carbocycles. The van der Waals surface area contributed by atoms with Crippen LogP contribution in [0.3, 0.4) is 0 Å². The first-order valence-electron chi connectivity index (χ1n) is 14.7. The number of aromatic nitrogens is 1. The largest absolute Gasteiger partial charge is 0.481 e. The van der Waals surface area contributed by atoms with E-state index >= 15 is 0 Å². The third kappa shape index (κ3) is 8.62. The molecule has 4 aromatic rings. The summed E-state index contributed by atoms with van der Waals surface area (Å²) in [7, 11) is -3.41. The van der Waals surface area contributed by atoms with Crippen LogP contribution in [0.2, 0.25) is 4.34 Å². The van der Waals surface area contributed by atoms with Crippen LogP contribution in [0.25, 0.3) is 11.3 Å². The molecule has 2 amide bonds. The van der Waals surface area contributed by atoms with Crippen LogP contribution in [-0.4, -0.2) is 54.3 Å². The lowest BCUT2D eigenvalue weighted by molar-refractivity contribution is -0.143. The molecule has 3 aromatic carbocycles. The summed E-state index contributed by atoms with van der Waals surface area (Å²) < 4.78 is 25.9. The first kappa shape index (κ1) is 32.5. The first-order valence-corrected chi connectivity index (χ1v) is 17.8. The van der Waals surface area contributed by atoms with Gasteiger partial charge in [-0.2, -0.15) is 0 Å². The Balaban J connectivity index is 1.35. The van der Waals surface area contributed by atoms with Crippen LogP contribution in [0.1, 0.15) is 49.1 Å². The number of carboxylic acids is 1. The SMILES string of the molecule is CS(=O)(=O)Nc1ccc(-c2nc(NC(=O)N(CCC(c3ccccc3)c3ccccc3)C3CCC(C(=O)O)CC3)sc2Cl)cc1. The monoisotopic (exact) mass is 666 g/mol. The molecule has 0 atom stereocenters. The van der Waals surface area contributed by atoms with E-state index in [1.807, 2.05) is 41.3 Å². The van der Waals surface area contributed by atoms with E-state index in [2.05, 4.69) is 39.3 Å². The standard InChI is InChI=1S/C33H35ClN4O5S2/c1-45(42,43)37-26-16-12-24(13-17-26)29-30(34)44-32(35-29)36-33(41)38(27-18-14-25(15-19-27)31(39)40)21-20-28(22-8-4-2-5-9-22)23-10-6-3-7-11-23/h2-13,16-17,25,27-28,37H,14-15,18-21H2,1H3,(H,39,40)(H,35,36,41). The average molecular weight is 667 g/mol. The molecule has 1 aliphatic rings. The van der Waals surface area contributed by atoms with Crippen molar-refractivity contribution in [1.82, 2.24) is 9.88 Å². The molecule has 0 saturated heterocycles. The van der Waals surface area contributed by atoms with Crippen molar-refractivity contribution in [2.24, 2.45) is 5.92 Å². The Kier molecular flexibility index (Phi) is 10.4. The summed E-state index contributed by atoms with van der Waals surface area (Å²) in [5.41, 5.74) is 3.89. The topological polar surface area (TPSA) is 129 Å². The molecular weight excluding hydrogens is 632 g/mol. The lowest BCUT2D eigenvalue weighted by atomic mass is 9.84. The quantitative estimate of drug-likeness (QED) is 0.152. The Hall–Kier alpha value is -3.93. The molecule has 0 aliphatic heterocycles. The van der Waals surface area contributed by atoms with Gasteiger partial charge < -0.3 is 10.0 Å². The van der Waals surface area contributed by atoms with Crippen LogP contribution in [0.4, 0.5) is 15.6 Å². The first-order chi connectivity index (χ1) is 21.6. The maximum absolute atomic E-state index is 13.9. The molecule has 0 spiro atoms. The molecule has 236 valence electrons. The zero-order chi connectivity index (χ0) is 32.0. The van der Waals surface area contributed by atoms with Gasteiger partial charge in [-0.05, 0) is 55.4 Å². The number of hydrogen-bond donors (Lipinski definition) is 3. The molecule has 1 heterocycles. The highest BCUT2D eigenvalue weighted by Crippen LogP contribution is 2.37. The summed E-state index contributed by atoms with van der Waals surface area (Å²) in [5.74, 6) is -1.12. The highest BCUT2D eigenvalue weighted by atomic mass is 35.5. The van der Waals surface area contributed by atoms with Crippen LogP contribution < -0.4 is 10.0 Å². The summed E-state index contributed by atoms with van der Waals surface area (Å²) in [4.78, 5) is 31.9. The number of hydrogen-bond acceptors (Lipinski definition) is 6. The third-order valence-corrected chi connectivity index (χ3v) is 9.85. The average Bonchev–Trinajstić information content (AvgIpc) is 3.39. The minimum absolute atomic E-state index is 0.0686. The molecular formula is C33H35ClN4O5S2. The van der Waals surface area contributed by atoms with E-state index in [-0.39, 0.29) is 18.0 Å². The summed E-state index contributed by atoms with van der Waals surface area (Å²) in [6.45, 7) is 0.462. The van der Waals surface area contributed by atoms with Gasteiger partial charge in [-0.15, -0.1) is 0 Å². The lowest BCUT2D eigenvalue weighted by Gasteiger charge is -2.36. The minimum atomic E-state index is -3.41. The number of thiazole rings is 1. The highest BCUT2D eigenvalue weighted by Gasteiger charge is 2.32. The summed E-state index contributed by atoms with van der Waals surface area (Å²) in [6, 6.07) is 26.7. The number of urea groups is 1. The Morgan fingerprint density at radius 3 is 2.07 bits per heavy atom. The predicted molar refractivity (Wildman–Crippen MR) is 179 cm³/mol. The molecule has 1 saturated carbocycles. The van der Waals surface area contributed by atoms with E-state index in [9.17, 15) is 23.1 Å². The molecule has 1 aromatic heterocycles. The fraction of sp³-hybridized carbons (Fsp3) is 0.303. The minimum Gasteiger partial charge on any atom is -0.481 e. The highest BCUT2D eigenvalue weighted by molar-refractivity contribution is 7.92. The Bertz CT molecular complexity index is 1670. The fourth-order valence-corrected chi connectivity index (χ4v) is 7.50. The normalized spacial score (nSPS) is 16.7. The maximum Gasteiger partial charge on any atom is 0.323 e. The molecule has 0 unspecified atom stereocenters. The number of carbonyl (C=O) groups excluding carboxylic acids is 1. The van der Waals surface area contributed by atoms with Crippen molar-refractivity contribution in [3.8, 4) is 11.3 Å². The van der Waals surface area contributed by atoms with Crippen LogP contribution >= 0.6 is 22.9 Å². The number of amides is 2. The Labute approximate surface area is 272 Å². The number of anilines is 2. The number of rotatable bonds is 11. The zero-order valence-electron chi connectivity index (χ0n) is 24.7. The van der Waals surface area contributed by atoms with E-state index in [0.717, 1.165) is 28.7 Å². The van der Waals surface area contributed by atoms with Crippen molar-refractivity contribution < 1.29 is 23.1 Å². The van der Waals surface area contributed by atoms with Crippen LogP contribution in [0.15, 0.2) is 84.9 Å². The number of sulfonamides is 1. The molecule has 12 heteroatoms. The zero-order valence-corrected chi connectivity index (χ0v) is 27.1. The number of halogens is 1. The number of benzene rings is 3. The van der Waals surface area contributed by atoms with Crippen LogP contribution in [0.5, 0.6) is 0 Å². The van der Waals surface area contributed by atoms with Crippen molar-refractivity contribution >= 4 is 55.8 Å². The van der Waals surface area contributed by atoms with Gasteiger partial charge in [0.15, 0.2) is 5.13 Å². The molecule has 5 rings (SSSR count). The van der Waals surface area contributed by atoms with Gasteiger partial charge in [-0.3, -0.25) is 14.8 Å². The van der Waals surface area contributed by atoms with Gasteiger partial charge in [0.1, 0.15) is 10.0 Å². The van der Waals surface area contributed by atoms with Gasteiger partial charge in [0.05, 0.1) is 12.2 Å². The van der Waals surface area contributed by atoms with Crippen LogP contribution in [-0.2, 0) is 14.8 Å². The van der Waals surface area contributed by atoms with Gasteiger partial charge in [0.2, 0.25) is 10.0 Å². The van der Waals surface area contributed by atoms with Gasteiger partial charge >= 0.3 is 12.0 Å². The second kappa shape index (κ2) is 14.4. The van der Waals surface area contributed by atoms with Gasteiger partial charge in [-0.1, -0.05) is 95.7 Å². The van der Waals surface area contributed by atoms with Gasteiger partial charge in [-0.25, -0.2) is 18.2 Å². The molecule has 0 radical (unpaired) electrons. The van der Waals surface area contributed by atoms with E-state index in [4.69, 9.17) is 11.6 Å². The maximum atomic E-state index is 13.9. The summed E-state index contributed by atoms with van der Waals surface area (Å²) in [6.07, 6.45) is 3.99. The smallest absolute Gasteiger partial charge is 0.323 e. The molecule has 3 N–H and O–H groups in total. The molecule has 0 bridgehead atoms. The number of carbonyl (C=O) groups is 2. The summed E-state index contributed by atoms with van der Waals surface area (Å²) in [5, 5.41) is 12.8. The van der Waals surface area contributed by atoms with E-state index in [0.29, 0.717) is 65.1 Å². The lowest BCUT2D eigenvalue weighted by Crippen LogP contribution is -2.46. The molecule has 1 fully saturated rings. The van der Waals surface area contributed by atoms with Crippen molar-refractivity contribution in [1.29, 1.82) is 0 Å². The number of nitrogens with zero attached hydrogens (tertiary/aromatic N) is 2. The van der Waals surface area contributed by atoms with Crippen molar-refractivity contribution in [3.63, 3.8) is 0 Å². The van der Waals surface area contributed by atoms with E-state index in [1.54, 1.807) is 24.3 Å². The Morgan fingerprint density at radius 2 is 1.53 bits per heavy atom. The van der Waals surface area contributed by atoms with E-state index in [1.165, 1.54) is 0 Å². The number of aliphatic carboxylic acids is 1. The second-order valence-corrected chi connectivity index (χ2v) is 14.6. The van der Waals surface area contributed by atoms with Crippen LogP contribution in [0, 0.1) is 5.92 Å². The van der Waals surface area contributed by atoms with Crippen molar-refractivity contribution in [3.05, 3.63) is 100 Å². The predicted octanol–water partition coefficient (Wildman–Crippen LogP) is 7.53. The van der Waals surface area contributed by atoms with Gasteiger partial charge in [0, 0.05) is 29.8 Å². The van der Waals surface area contributed by atoms with Crippen molar-refractivity contribution in [2.45, 2.75) is 44.1 Å². The Morgan fingerprint density at radius 1 is 0.956 bits per heavy atom. The second-order valence-electron chi connectivity index (χ2n) is 11.2. The number of carboxylic acid groups (broad SMARTS) is 1. The third-order valence-electron chi connectivity index (χ3n) is 8.07. The number of nitrogens with one attached hydrogen (secondary N) is 2. The molecule has 9 nitrogen and oxygen atoms in total. The fourth-order valence-electron chi connectivity index (χ4n) is 5.86. The molecule has 45 heavy (non-hydrogen) atoms.